The van der Waals surface area contributed by atoms with Gasteiger partial charge in [0.1, 0.15) is 12.4 Å². The highest BCUT2D eigenvalue weighted by atomic mass is 35.5. The molecule has 1 amide bonds. The lowest BCUT2D eigenvalue weighted by Crippen LogP contribution is -2.35. The van der Waals surface area contributed by atoms with Crippen LogP contribution in [0, 0.1) is 0 Å². The van der Waals surface area contributed by atoms with Gasteiger partial charge in [-0.3, -0.25) is 4.79 Å². The van der Waals surface area contributed by atoms with E-state index in [9.17, 15) is 4.79 Å². The molecule has 0 unspecified atom stereocenters. The van der Waals surface area contributed by atoms with Crippen LogP contribution in [0.5, 0.6) is 5.75 Å². The minimum Gasteiger partial charge on any atom is -0.489 e. The van der Waals surface area contributed by atoms with Crippen LogP contribution in [-0.4, -0.2) is 30.8 Å². The first-order valence-electron chi connectivity index (χ1n) is 8.23. The van der Waals surface area contributed by atoms with Crippen LogP contribution in [0.15, 0.2) is 48.5 Å². The highest BCUT2D eigenvalue weighted by molar-refractivity contribution is 7.80. The van der Waals surface area contributed by atoms with Gasteiger partial charge in [0.2, 0.25) is 5.91 Å². The molecule has 0 aliphatic rings. The van der Waals surface area contributed by atoms with E-state index in [0.29, 0.717) is 36.3 Å². The van der Waals surface area contributed by atoms with Crippen molar-refractivity contribution in [2.24, 2.45) is 0 Å². The van der Waals surface area contributed by atoms with Gasteiger partial charge < -0.3 is 20.1 Å². The number of carbonyl (C=O) groups excluding carboxylic acids is 1. The van der Waals surface area contributed by atoms with Crippen LogP contribution in [0.25, 0.3) is 0 Å². The molecule has 0 spiro atoms. The van der Waals surface area contributed by atoms with Crippen molar-refractivity contribution in [1.82, 2.24) is 5.32 Å². The smallest absolute Gasteiger partial charge is 0.230 e. The summed E-state index contributed by atoms with van der Waals surface area (Å²) in [4.78, 5) is 12.1. The van der Waals surface area contributed by atoms with Crippen molar-refractivity contribution < 1.29 is 14.3 Å². The van der Waals surface area contributed by atoms with Crippen molar-refractivity contribution in [3.63, 3.8) is 0 Å². The van der Waals surface area contributed by atoms with E-state index in [0.717, 1.165) is 5.56 Å². The van der Waals surface area contributed by atoms with Crippen molar-refractivity contribution in [1.29, 1.82) is 0 Å². The Morgan fingerprint density at radius 3 is 2.58 bits per heavy atom. The lowest BCUT2D eigenvalue weighted by atomic mass is 10.1. The summed E-state index contributed by atoms with van der Waals surface area (Å²) < 4.78 is 10.9. The number of carbonyl (C=O) groups is 1. The summed E-state index contributed by atoms with van der Waals surface area (Å²) >= 11 is 11.1. The van der Waals surface area contributed by atoms with Gasteiger partial charge >= 0.3 is 0 Å². The number of nitrogens with one attached hydrogen (secondary N) is 2. The molecule has 0 saturated heterocycles. The Morgan fingerprint density at radius 2 is 1.85 bits per heavy atom. The SMILES string of the molecule is CCOCCOc1ccccc1NC(=S)NC(=O)Cc1ccc(Cl)cc1. The van der Waals surface area contributed by atoms with Gasteiger partial charge in [0.15, 0.2) is 5.11 Å². The Morgan fingerprint density at radius 1 is 1.12 bits per heavy atom. The molecule has 0 bridgehead atoms. The summed E-state index contributed by atoms with van der Waals surface area (Å²) in [5.74, 6) is 0.432. The summed E-state index contributed by atoms with van der Waals surface area (Å²) in [6, 6.07) is 14.5. The van der Waals surface area contributed by atoms with Gasteiger partial charge in [-0.05, 0) is 49.0 Å². The van der Waals surface area contributed by atoms with Gasteiger partial charge in [-0.2, -0.15) is 0 Å². The molecule has 0 atom stereocenters. The lowest BCUT2D eigenvalue weighted by Gasteiger charge is -2.14. The number of anilines is 1. The average molecular weight is 393 g/mol. The van der Waals surface area contributed by atoms with Crippen LogP contribution >= 0.6 is 23.8 Å². The molecule has 138 valence electrons. The molecule has 0 aliphatic carbocycles. The van der Waals surface area contributed by atoms with E-state index in [1.807, 2.05) is 31.2 Å². The van der Waals surface area contributed by atoms with Crippen LogP contribution in [0.4, 0.5) is 5.69 Å². The quantitative estimate of drug-likeness (QED) is 0.528. The van der Waals surface area contributed by atoms with E-state index in [-0.39, 0.29) is 17.4 Å². The average Bonchev–Trinajstić information content (AvgIpc) is 2.62. The number of hydrogen-bond donors (Lipinski definition) is 2. The fraction of sp³-hybridized carbons (Fsp3) is 0.263. The van der Waals surface area contributed by atoms with Crippen LogP contribution in [-0.2, 0) is 16.0 Å². The van der Waals surface area contributed by atoms with Crippen molar-refractivity contribution in [2.45, 2.75) is 13.3 Å². The normalized spacial score (nSPS) is 10.2. The number of halogens is 1. The zero-order valence-electron chi connectivity index (χ0n) is 14.5. The fourth-order valence-corrected chi connectivity index (χ4v) is 2.51. The third kappa shape index (κ3) is 7.00. The number of amides is 1. The largest absolute Gasteiger partial charge is 0.489 e. The first-order valence-corrected chi connectivity index (χ1v) is 9.02. The number of rotatable bonds is 8. The maximum atomic E-state index is 12.1. The highest BCUT2D eigenvalue weighted by Crippen LogP contribution is 2.23. The Kier molecular flexibility index (Phi) is 8.34. The number of para-hydroxylation sites is 2. The zero-order chi connectivity index (χ0) is 18.8. The van der Waals surface area contributed by atoms with Gasteiger partial charge in [0.05, 0.1) is 18.7 Å². The van der Waals surface area contributed by atoms with Crippen LogP contribution in [0.1, 0.15) is 12.5 Å². The molecular weight excluding hydrogens is 372 g/mol. The second kappa shape index (κ2) is 10.8. The molecule has 7 heteroatoms. The Balaban J connectivity index is 1.86. The number of benzene rings is 2. The second-order valence-electron chi connectivity index (χ2n) is 5.35. The van der Waals surface area contributed by atoms with E-state index < -0.39 is 0 Å². The third-order valence-electron chi connectivity index (χ3n) is 3.36. The van der Waals surface area contributed by atoms with Crippen LogP contribution in [0.2, 0.25) is 5.02 Å². The van der Waals surface area contributed by atoms with E-state index in [1.54, 1.807) is 24.3 Å². The van der Waals surface area contributed by atoms with Gasteiger partial charge in [-0.25, -0.2) is 0 Å². The van der Waals surface area contributed by atoms with E-state index in [1.165, 1.54) is 0 Å². The highest BCUT2D eigenvalue weighted by Gasteiger charge is 2.09. The van der Waals surface area contributed by atoms with E-state index in [4.69, 9.17) is 33.3 Å². The van der Waals surface area contributed by atoms with Crippen molar-refractivity contribution >= 4 is 40.5 Å². The summed E-state index contributed by atoms with van der Waals surface area (Å²) in [6.07, 6.45) is 0.214. The van der Waals surface area contributed by atoms with Crippen molar-refractivity contribution in [2.75, 3.05) is 25.1 Å². The Hall–Kier alpha value is -2.15. The van der Waals surface area contributed by atoms with Gasteiger partial charge in [0, 0.05) is 11.6 Å². The maximum absolute atomic E-state index is 12.1. The summed E-state index contributed by atoms with van der Waals surface area (Å²) in [7, 11) is 0. The molecule has 2 rings (SSSR count). The molecule has 26 heavy (non-hydrogen) atoms. The monoisotopic (exact) mass is 392 g/mol. The van der Waals surface area contributed by atoms with Gasteiger partial charge in [0.25, 0.3) is 0 Å². The number of thiocarbonyl (C=S) groups is 1. The van der Waals surface area contributed by atoms with E-state index >= 15 is 0 Å². The Bertz CT molecular complexity index is 738. The molecule has 0 aliphatic heterocycles. The van der Waals surface area contributed by atoms with Crippen LogP contribution in [0.3, 0.4) is 0 Å². The summed E-state index contributed by atoms with van der Waals surface area (Å²) in [5.41, 5.74) is 1.54. The molecule has 2 N–H and O–H groups in total. The lowest BCUT2D eigenvalue weighted by molar-refractivity contribution is -0.119. The standard InChI is InChI=1S/C19H21ClN2O3S/c1-2-24-11-12-25-17-6-4-3-5-16(17)21-19(26)22-18(23)13-14-7-9-15(20)10-8-14/h3-10H,2,11-13H2,1H3,(H2,21,22,23,26). The predicted octanol–water partition coefficient (Wildman–Crippen LogP) is 3.81. The zero-order valence-corrected chi connectivity index (χ0v) is 16.0. The van der Waals surface area contributed by atoms with Crippen molar-refractivity contribution in [3.8, 4) is 5.75 Å². The molecule has 0 fully saturated rings. The second-order valence-corrected chi connectivity index (χ2v) is 6.19. The Labute approximate surface area is 163 Å². The molecule has 0 radical (unpaired) electrons. The third-order valence-corrected chi connectivity index (χ3v) is 3.81. The summed E-state index contributed by atoms with van der Waals surface area (Å²) in [6.45, 7) is 3.52. The van der Waals surface area contributed by atoms with Gasteiger partial charge in [-0.15, -0.1) is 0 Å². The predicted molar refractivity (Wildman–Crippen MR) is 108 cm³/mol. The van der Waals surface area contributed by atoms with E-state index in [2.05, 4.69) is 10.6 Å². The molecule has 0 saturated carbocycles. The van der Waals surface area contributed by atoms with Crippen LogP contribution < -0.4 is 15.4 Å². The fourth-order valence-electron chi connectivity index (χ4n) is 2.16. The minimum absolute atomic E-state index is 0.209. The number of hydrogen-bond acceptors (Lipinski definition) is 4. The maximum Gasteiger partial charge on any atom is 0.230 e. The molecular formula is C19H21ClN2O3S. The molecule has 0 aromatic heterocycles. The molecule has 0 heterocycles. The molecule has 2 aromatic rings. The van der Waals surface area contributed by atoms with Crippen molar-refractivity contribution in [3.05, 3.63) is 59.1 Å². The minimum atomic E-state index is -0.209. The topological polar surface area (TPSA) is 59.6 Å². The first-order chi connectivity index (χ1) is 12.6. The first kappa shape index (κ1) is 20.2. The van der Waals surface area contributed by atoms with Gasteiger partial charge in [-0.1, -0.05) is 35.9 Å². The number of ether oxygens (including phenoxy) is 2. The molecule has 2 aromatic carbocycles. The summed E-state index contributed by atoms with van der Waals surface area (Å²) in [5, 5.41) is 6.50. The molecule has 5 nitrogen and oxygen atoms in total.